The van der Waals surface area contributed by atoms with Crippen LogP contribution in [0.15, 0.2) is 60.7 Å². The number of aryl methyl sites for hydroxylation is 1. The molecule has 160 valence electrons. The molecular formula is C24H21Cl2NO4. The maximum atomic E-state index is 13.2. The number of hydrogen-bond acceptors (Lipinski definition) is 4. The third-order valence-corrected chi connectivity index (χ3v) is 5.85. The van der Waals surface area contributed by atoms with Gasteiger partial charge in [-0.15, -0.1) is 0 Å². The average molecular weight is 458 g/mol. The highest BCUT2D eigenvalue weighted by molar-refractivity contribution is 6.34. The van der Waals surface area contributed by atoms with Gasteiger partial charge in [-0.1, -0.05) is 41.4 Å². The molecule has 0 radical (unpaired) electrons. The van der Waals surface area contributed by atoms with Crippen LogP contribution in [0.3, 0.4) is 0 Å². The number of halogens is 2. The Morgan fingerprint density at radius 1 is 0.871 bits per heavy atom. The van der Waals surface area contributed by atoms with Crippen LogP contribution in [0.1, 0.15) is 17.2 Å². The minimum absolute atomic E-state index is 0.178. The second-order valence-electron chi connectivity index (χ2n) is 7.17. The number of ether oxygens (including phenoxy) is 3. The van der Waals surface area contributed by atoms with Crippen LogP contribution in [0.4, 0.5) is 5.69 Å². The fourth-order valence-electron chi connectivity index (χ4n) is 3.74. The summed E-state index contributed by atoms with van der Waals surface area (Å²) in [6.07, 6.45) is -0.728. The lowest BCUT2D eigenvalue weighted by Crippen LogP contribution is -2.61. The molecule has 7 heteroatoms. The molecule has 0 saturated carbocycles. The number of amides is 1. The molecule has 1 saturated heterocycles. The van der Waals surface area contributed by atoms with Crippen LogP contribution in [0.25, 0.3) is 0 Å². The zero-order valence-electron chi connectivity index (χ0n) is 17.3. The van der Waals surface area contributed by atoms with E-state index in [0.717, 1.165) is 11.1 Å². The number of β-lactam (4-membered cyclic amide) rings is 1. The predicted molar refractivity (Wildman–Crippen MR) is 122 cm³/mol. The second kappa shape index (κ2) is 8.69. The first-order valence-corrected chi connectivity index (χ1v) is 10.4. The molecule has 0 N–H and O–H groups in total. The minimum atomic E-state index is -0.728. The number of benzene rings is 3. The number of hydrogen-bond donors (Lipinski definition) is 0. The van der Waals surface area contributed by atoms with Crippen LogP contribution >= 0.6 is 23.2 Å². The van der Waals surface area contributed by atoms with Crippen molar-refractivity contribution in [2.75, 3.05) is 19.1 Å². The van der Waals surface area contributed by atoms with E-state index in [0.29, 0.717) is 33.0 Å². The van der Waals surface area contributed by atoms with Crippen LogP contribution < -0.4 is 19.1 Å². The van der Waals surface area contributed by atoms with E-state index in [1.54, 1.807) is 43.4 Å². The summed E-state index contributed by atoms with van der Waals surface area (Å²) in [5, 5.41) is 1.10. The molecule has 1 amide bonds. The normalized spacial score (nSPS) is 17.8. The number of carbonyl (C=O) groups is 1. The highest BCUT2D eigenvalue weighted by atomic mass is 35.5. The smallest absolute Gasteiger partial charge is 0.271 e. The highest BCUT2D eigenvalue weighted by Gasteiger charge is 2.51. The van der Waals surface area contributed by atoms with Gasteiger partial charge >= 0.3 is 0 Å². The van der Waals surface area contributed by atoms with Crippen molar-refractivity contribution < 1.29 is 19.0 Å². The van der Waals surface area contributed by atoms with Gasteiger partial charge in [0.15, 0.2) is 11.5 Å². The van der Waals surface area contributed by atoms with E-state index < -0.39 is 12.1 Å². The molecular weight excluding hydrogens is 437 g/mol. The third kappa shape index (κ3) is 3.91. The fourth-order valence-corrected chi connectivity index (χ4v) is 4.19. The Morgan fingerprint density at radius 2 is 1.58 bits per heavy atom. The van der Waals surface area contributed by atoms with Crippen molar-refractivity contribution in [2.24, 2.45) is 0 Å². The summed E-state index contributed by atoms with van der Waals surface area (Å²) in [6.45, 7) is 1.89. The molecule has 1 aliphatic heterocycles. The summed E-state index contributed by atoms with van der Waals surface area (Å²) in [5.74, 6) is 1.60. The van der Waals surface area contributed by atoms with Gasteiger partial charge in [0, 0.05) is 5.02 Å². The number of rotatable bonds is 6. The molecule has 0 unspecified atom stereocenters. The van der Waals surface area contributed by atoms with E-state index in [-0.39, 0.29) is 5.91 Å². The fraction of sp³-hybridized carbons (Fsp3) is 0.208. The van der Waals surface area contributed by atoms with Gasteiger partial charge in [-0.3, -0.25) is 9.69 Å². The van der Waals surface area contributed by atoms with Gasteiger partial charge in [0.05, 0.1) is 24.9 Å². The number of nitrogens with zero attached hydrogens (tertiary/aromatic N) is 1. The first-order valence-electron chi connectivity index (χ1n) is 9.67. The monoisotopic (exact) mass is 457 g/mol. The number of carbonyl (C=O) groups excluding carboxylic acids is 1. The van der Waals surface area contributed by atoms with Crippen LogP contribution in [-0.2, 0) is 4.79 Å². The van der Waals surface area contributed by atoms with Crippen molar-refractivity contribution in [1.82, 2.24) is 0 Å². The van der Waals surface area contributed by atoms with E-state index in [1.165, 1.54) is 0 Å². The lowest BCUT2D eigenvalue weighted by atomic mass is 9.89. The Morgan fingerprint density at radius 3 is 2.26 bits per heavy atom. The van der Waals surface area contributed by atoms with Crippen molar-refractivity contribution in [3.63, 3.8) is 0 Å². The van der Waals surface area contributed by atoms with E-state index in [4.69, 9.17) is 37.4 Å². The number of para-hydroxylation sites is 1. The van der Waals surface area contributed by atoms with Crippen LogP contribution in [-0.4, -0.2) is 26.2 Å². The molecule has 1 fully saturated rings. The number of methoxy groups -OCH3 is 2. The van der Waals surface area contributed by atoms with Gasteiger partial charge in [-0.25, -0.2) is 0 Å². The van der Waals surface area contributed by atoms with Gasteiger partial charge in [0.2, 0.25) is 6.10 Å². The molecule has 4 rings (SSSR count). The summed E-state index contributed by atoms with van der Waals surface area (Å²) in [6, 6.07) is 17.7. The zero-order chi connectivity index (χ0) is 22.1. The Hall–Kier alpha value is -2.89. The van der Waals surface area contributed by atoms with Crippen molar-refractivity contribution in [3.05, 3.63) is 81.8 Å². The first kappa shape index (κ1) is 21.3. The van der Waals surface area contributed by atoms with Gasteiger partial charge in [0.25, 0.3) is 5.91 Å². The van der Waals surface area contributed by atoms with Gasteiger partial charge in [-0.2, -0.15) is 0 Å². The van der Waals surface area contributed by atoms with Crippen molar-refractivity contribution in [2.45, 2.75) is 19.1 Å². The van der Waals surface area contributed by atoms with E-state index in [9.17, 15) is 4.79 Å². The lowest BCUT2D eigenvalue weighted by Gasteiger charge is -2.47. The highest BCUT2D eigenvalue weighted by Crippen LogP contribution is 2.45. The molecule has 0 bridgehead atoms. The summed E-state index contributed by atoms with van der Waals surface area (Å²) in [4.78, 5) is 14.9. The lowest BCUT2D eigenvalue weighted by molar-refractivity contribution is -0.135. The molecule has 5 nitrogen and oxygen atoms in total. The van der Waals surface area contributed by atoms with E-state index in [2.05, 4.69) is 0 Å². The minimum Gasteiger partial charge on any atom is -0.493 e. The standard InChI is InChI=1S/C24H21Cl2NO4/c1-14-12-16(25)9-11-19(14)31-23-22(15-8-10-20(29-2)21(13-15)30-3)27(24(23)28)18-7-5-4-6-17(18)26/h4-13,22-23H,1-3H3/t22-,23+/m1/s1. The van der Waals surface area contributed by atoms with Gasteiger partial charge in [0.1, 0.15) is 11.8 Å². The van der Waals surface area contributed by atoms with Crippen LogP contribution in [0.2, 0.25) is 10.0 Å². The quantitative estimate of drug-likeness (QED) is 0.435. The molecule has 0 aromatic heterocycles. The first-order chi connectivity index (χ1) is 14.9. The molecule has 0 spiro atoms. The van der Waals surface area contributed by atoms with E-state index in [1.807, 2.05) is 43.3 Å². The van der Waals surface area contributed by atoms with Crippen LogP contribution in [0.5, 0.6) is 17.2 Å². The largest absolute Gasteiger partial charge is 0.493 e. The van der Waals surface area contributed by atoms with E-state index >= 15 is 0 Å². The Bertz CT molecular complexity index is 1130. The predicted octanol–water partition coefficient (Wildman–Crippen LogP) is 5.85. The van der Waals surface area contributed by atoms with Gasteiger partial charge < -0.3 is 14.2 Å². The topological polar surface area (TPSA) is 48.0 Å². The van der Waals surface area contributed by atoms with Crippen molar-refractivity contribution in [1.29, 1.82) is 0 Å². The molecule has 2 atom stereocenters. The summed E-state index contributed by atoms with van der Waals surface area (Å²) in [7, 11) is 3.15. The Kier molecular flexibility index (Phi) is 5.99. The molecule has 3 aromatic carbocycles. The van der Waals surface area contributed by atoms with Crippen molar-refractivity contribution in [3.8, 4) is 17.2 Å². The summed E-state index contributed by atoms with van der Waals surface area (Å²) < 4.78 is 17.0. The molecule has 31 heavy (non-hydrogen) atoms. The van der Waals surface area contributed by atoms with Crippen LogP contribution in [0, 0.1) is 6.92 Å². The second-order valence-corrected chi connectivity index (χ2v) is 8.01. The maximum absolute atomic E-state index is 13.2. The van der Waals surface area contributed by atoms with Crippen molar-refractivity contribution >= 4 is 34.8 Å². The Labute approximate surface area is 191 Å². The Balaban J connectivity index is 1.76. The molecule has 1 aliphatic rings. The molecule has 0 aliphatic carbocycles. The molecule has 3 aromatic rings. The number of anilines is 1. The summed E-state index contributed by atoms with van der Waals surface area (Å²) in [5.41, 5.74) is 2.32. The SMILES string of the molecule is COc1ccc([C@@H]2[C@H](Oc3ccc(Cl)cc3C)C(=O)N2c2ccccc2Cl)cc1OC. The van der Waals surface area contributed by atoms with Gasteiger partial charge in [-0.05, 0) is 60.5 Å². The maximum Gasteiger partial charge on any atom is 0.271 e. The zero-order valence-corrected chi connectivity index (χ0v) is 18.8. The third-order valence-electron chi connectivity index (χ3n) is 5.30. The summed E-state index contributed by atoms with van der Waals surface area (Å²) >= 11 is 12.5. The molecule has 1 heterocycles. The average Bonchev–Trinajstić information content (AvgIpc) is 2.77.